The summed E-state index contributed by atoms with van der Waals surface area (Å²) in [6.07, 6.45) is -0.572. The van der Waals surface area contributed by atoms with Crippen molar-refractivity contribution in [2.75, 3.05) is 0 Å². The van der Waals surface area contributed by atoms with E-state index in [0.29, 0.717) is 10.7 Å². The number of nitrogens with one attached hydrogen (secondary N) is 1. The van der Waals surface area contributed by atoms with E-state index in [1.165, 1.54) is 23.6 Å². The van der Waals surface area contributed by atoms with Crippen LogP contribution in [-0.4, -0.2) is 38.6 Å². The molecule has 3 N–H and O–H groups in total. The summed E-state index contributed by atoms with van der Waals surface area (Å²) in [5, 5.41) is 21.6. The summed E-state index contributed by atoms with van der Waals surface area (Å²) in [6.45, 7) is 3.11. The molecule has 0 saturated heterocycles. The number of benzene rings is 2. The number of nitrogens with zero attached hydrogens (tertiary/aromatic N) is 1. The lowest BCUT2D eigenvalue weighted by Crippen LogP contribution is -2.35. The maximum Gasteiger partial charge on any atom is 0.305 e. The average Bonchev–Trinajstić information content (AvgIpc) is 2.95. The first-order valence-corrected chi connectivity index (χ1v) is 9.80. The Bertz CT molecular complexity index is 1200. The number of carboxylic acid groups (broad SMARTS) is 1. The van der Waals surface area contributed by atoms with Crippen molar-refractivity contribution in [2.45, 2.75) is 32.7 Å². The second kappa shape index (κ2) is 8.77. The fourth-order valence-corrected chi connectivity index (χ4v) is 3.74. The highest BCUT2D eigenvalue weighted by Gasteiger charge is 2.25. The van der Waals surface area contributed by atoms with Gasteiger partial charge in [0.1, 0.15) is 0 Å². The highest BCUT2D eigenvalue weighted by molar-refractivity contribution is 6.31. The van der Waals surface area contributed by atoms with Crippen molar-refractivity contribution in [2.24, 2.45) is 0 Å². The van der Waals surface area contributed by atoms with E-state index in [1.54, 1.807) is 25.1 Å². The molecule has 0 aliphatic heterocycles. The van der Waals surface area contributed by atoms with Gasteiger partial charge < -0.3 is 15.5 Å². The molecule has 3 rings (SSSR count). The number of halogens is 2. The minimum Gasteiger partial charge on any atom is -0.505 e. The van der Waals surface area contributed by atoms with Gasteiger partial charge in [-0.3, -0.25) is 19.0 Å². The monoisotopic (exact) mass is 446 g/mol. The number of phenolic OH excluding ortho intramolecular Hbond substituents is 1. The van der Waals surface area contributed by atoms with Gasteiger partial charge in [0, 0.05) is 27.7 Å². The van der Waals surface area contributed by atoms with Crippen LogP contribution in [0.4, 0.5) is 4.39 Å². The number of carbonyl (C=O) groups is 3. The first-order chi connectivity index (χ1) is 14.6. The molecule has 0 saturated carbocycles. The number of phenols is 1. The van der Waals surface area contributed by atoms with Crippen LogP contribution in [0.1, 0.15) is 35.0 Å². The number of amides is 1. The molecule has 0 radical (unpaired) electrons. The predicted octanol–water partition coefficient (Wildman–Crippen LogP) is 3.66. The molecule has 0 aliphatic carbocycles. The molecule has 3 aromatic rings. The molecule has 31 heavy (non-hydrogen) atoms. The van der Waals surface area contributed by atoms with Crippen molar-refractivity contribution < 1.29 is 29.0 Å². The fraction of sp³-hybridized carbons (Fsp3) is 0.227. The van der Waals surface area contributed by atoms with Crippen LogP contribution in [0.15, 0.2) is 36.4 Å². The normalized spacial score (nSPS) is 12.0. The van der Waals surface area contributed by atoms with Crippen molar-refractivity contribution >= 4 is 40.3 Å². The van der Waals surface area contributed by atoms with Crippen LogP contribution in [-0.2, 0) is 16.0 Å². The molecule has 9 heteroatoms. The van der Waals surface area contributed by atoms with Crippen molar-refractivity contribution in [1.82, 2.24) is 9.88 Å². The standard InChI is InChI=1S/C22H20ClFN2O5/c1-11(8-19(29)30)25-18(28)10-15-12(2)26(16-6-7-17(27)21(24)20(15)16)22(31)13-4-3-5-14(23)9-13/h3-7,9,11,27H,8,10H2,1-2H3,(H,25,28)(H,29,30). The van der Waals surface area contributed by atoms with Crippen molar-refractivity contribution in [3.8, 4) is 5.75 Å². The molecule has 0 bridgehead atoms. The van der Waals surface area contributed by atoms with Crippen LogP contribution in [0.25, 0.3) is 10.9 Å². The van der Waals surface area contributed by atoms with E-state index in [0.717, 1.165) is 6.07 Å². The van der Waals surface area contributed by atoms with Gasteiger partial charge in [-0.1, -0.05) is 17.7 Å². The second-order valence-corrected chi connectivity index (χ2v) is 7.69. The molecule has 0 spiro atoms. The van der Waals surface area contributed by atoms with Crippen LogP contribution in [0.2, 0.25) is 5.02 Å². The molecule has 162 valence electrons. The maximum absolute atomic E-state index is 14.9. The fourth-order valence-electron chi connectivity index (χ4n) is 3.55. The Morgan fingerprint density at radius 3 is 2.58 bits per heavy atom. The molecule has 2 aromatic carbocycles. The summed E-state index contributed by atoms with van der Waals surface area (Å²) in [7, 11) is 0. The molecule has 7 nitrogen and oxygen atoms in total. The summed E-state index contributed by atoms with van der Waals surface area (Å²) >= 11 is 5.99. The number of aromatic nitrogens is 1. The van der Waals surface area contributed by atoms with Crippen LogP contribution in [0, 0.1) is 12.7 Å². The second-order valence-electron chi connectivity index (χ2n) is 7.25. The minimum atomic E-state index is -1.07. The smallest absolute Gasteiger partial charge is 0.305 e. The van der Waals surface area contributed by atoms with E-state index in [4.69, 9.17) is 16.7 Å². The summed E-state index contributed by atoms with van der Waals surface area (Å²) in [4.78, 5) is 36.5. The topological polar surface area (TPSA) is 109 Å². The molecule has 1 aromatic heterocycles. The SMILES string of the molecule is Cc1c(CC(=O)NC(C)CC(=O)O)c2c(F)c(O)ccc2n1C(=O)c1cccc(Cl)c1. The lowest BCUT2D eigenvalue weighted by Gasteiger charge is -2.12. The molecule has 1 atom stereocenters. The number of fused-ring (bicyclic) bond motifs is 1. The van der Waals surface area contributed by atoms with Gasteiger partial charge in [0.05, 0.1) is 18.4 Å². The molecular weight excluding hydrogens is 427 g/mol. The first-order valence-electron chi connectivity index (χ1n) is 9.43. The molecule has 0 fully saturated rings. The van der Waals surface area contributed by atoms with Crippen molar-refractivity contribution in [1.29, 1.82) is 0 Å². The van der Waals surface area contributed by atoms with E-state index >= 15 is 0 Å². The Morgan fingerprint density at radius 1 is 1.23 bits per heavy atom. The summed E-state index contributed by atoms with van der Waals surface area (Å²) < 4.78 is 16.1. The Kier molecular flexibility index (Phi) is 6.31. The summed E-state index contributed by atoms with van der Waals surface area (Å²) in [5.41, 5.74) is 1.01. The Balaban J connectivity index is 2.09. The van der Waals surface area contributed by atoms with Crippen LogP contribution < -0.4 is 5.32 Å². The molecular formula is C22H20ClFN2O5. The van der Waals surface area contributed by atoms with Gasteiger partial charge in [0.25, 0.3) is 5.91 Å². The van der Waals surface area contributed by atoms with Gasteiger partial charge >= 0.3 is 5.97 Å². The van der Waals surface area contributed by atoms with Crippen molar-refractivity contribution in [3.05, 3.63) is 64.1 Å². The van der Waals surface area contributed by atoms with Crippen molar-refractivity contribution in [3.63, 3.8) is 0 Å². The molecule has 1 unspecified atom stereocenters. The highest BCUT2D eigenvalue weighted by atomic mass is 35.5. The molecule has 1 heterocycles. The average molecular weight is 447 g/mol. The number of carbonyl (C=O) groups excluding carboxylic acids is 2. The van der Waals surface area contributed by atoms with Gasteiger partial charge in [-0.05, 0) is 49.7 Å². The highest BCUT2D eigenvalue weighted by Crippen LogP contribution is 2.33. The quantitative estimate of drug-likeness (QED) is 0.535. The molecule has 0 aliphatic rings. The van der Waals surface area contributed by atoms with Crippen LogP contribution in [0.3, 0.4) is 0 Å². The summed E-state index contributed by atoms with van der Waals surface area (Å²) in [5.74, 6) is -3.63. The number of hydrogen-bond acceptors (Lipinski definition) is 4. The summed E-state index contributed by atoms with van der Waals surface area (Å²) in [6, 6.07) is 8.17. The number of carboxylic acids is 1. The van der Waals surface area contributed by atoms with E-state index in [-0.39, 0.29) is 34.9 Å². The number of rotatable bonds is 6. The molecule has 1 amide bonds. The van der Waals surface area contributed by atoms with Gasteiger partial charge in [0.2, 0.25) is 5.91 Å². The zero-order chi connectivity index (χ0) is 22.9. The van der Waals surface area contributed by atoms with E-state index < -0.39 is 35.4 Å². The van der Waals surface area contributed by atoms with Crippen LogP contribution >= 0.6 is 11.6 Å². The largest absolute Gasteiger partial charge is 0.505 e. The Morgan fingerprint density at radius 2 is 1.94 bits per heavy atom. The van der Waals surface area contributed by atoms with Gasteiger partial charge in [-0.2, -0.15) is 0 Å². The zero-order valence-corrected chi connectivity index (χ0v) is 17.5. The maximum atomic E-state index is 14.9. The van der Waals surface area contributed by atoms with E-state index in [1.807, 2.05) is 0 Å². The first kappa shape index (κ1) is 22.3. The zero-order valence-electron chi connectivity index (χ0n) is 16.8. The van der Waals surface area contributed by atoms with E-state index in [2.05, 4.69) is 5.32 Å². The lowest BCUT2D eigenvalue weighted by molar-refractivity contribution is -0.137. The Hall–Kier alpha value is -3.39. The number of hydrogen-bond donors (Lipinski definition) is 3. The van der Waals surface area contributed by atoms with Crippen LogP contribution in [0.5, 0.6) is 5.75 Å². The van der Waals surface area contributed by atoms with Gasteiger partial charge in [-0.25, -0.2) is 4.39 Å². The lowest BCUT2D eigenvalue weighted by atomic mass is 10.1. The minimum absolute atomic E-state index is 0.0473. The third-order valence-corrected chi connectivity index (χ3v) is 5.15. The third kappa shape index (κ3) is 4.54. The Labute approximate surface area is 182 Å². The predicted molar refractivity (Wildman–Crippen MR) is 113 cm³/mol. The van der Waals surface area contributed by atoms with Gasteiger partial charge in [0.15, 0.2) is 11.6 Å². The number of aromatic hydroxyl groups is 1. The third-order valence-electron chi connectivity index (χ3n) is 4.91. The van der Waals surface area contributed by atoms with E-state index in [9.17, 15) is 23.9 Å². The number of aliphatic carboxylic acids is 1. The van der Waals surface area contributed by atoms with Gasteiger partial charge in [-0.15, -0.1) is 0 Å².